The third-order valence-corrected chi connectivity index (χ3v) is 5.98. The molecule has 1 aromatic carbocycles. The SMILES string of the molecule is C[Si](C)(C)CCOC(C1=NC(=NO)N=C1c1ccc(F)cc1)c1ccncc1. The molecule has 146 valence electrons. The normalized spacial score (nSPS) is 16.8. The number of nitrogens with zero attached hydrogens (tertiary/aromatic N) is 4. The predicted octanol–water partition coefficient (Wildman–Crippen LogP) is 4.31. The predicted molar refractivity (Wildman–Crippen MR) is 111 cm³/mol. The molecule has 0 saturated heterocycles. The first kappa shape index (κ1) is 20.0. The zero-order valence-corrected chi connectivity index (χ0v) is 17.1. The minimum absolute atomic E-state index is 0.0535. The van der Waals surface area contributed by atoms with Crippen molar-refractivity contribution in [2.45, 2.75) is 31.8 Å². The maximum atomic E-state index is 13.4. The van der Waals surface area contributed by atoms with E-state index in [4.69, 9.17) is 4.74 Å². The van der Waals surface area contributed by atoms with Crippen LogP contribution in [0.3, 0.4) is 0 Å². The second kappa shape index (κ2) is 8.53. The van der Waals surface area contributed by atoms with E-state index in [1.54, 1.807) is 24.5 Å². The van der Waals surface area contributed by atoms with Gasteiger partial charge in [0.2, 0.25) is 0 Å². The highest BCUT2D eigenvalue weighted by molar-refractivity contribution is 6.76. The van der Waals surface area contributed by atoms with Crippen molar-refractivity contribution in [1.82, 2.24) is 4.98 Å². The standard InChI is InChI=1S/C20H23FN4O2Si/c1-28(2,3)13-12-27-19(15-8-10-22-11-9-15)18-17(23-20(24-18)25-26)14-4-6-16(21)7-5-14/h4-11,19,26H,12-13H2,1-3H3. The van der Waals surface area contributed by atoms with Crippen LogP contribution in [-0.4, -0.2) is 42.3 Å². The lowest BCUT2D eigenvalue weighted by Gasteiger charge is -2.22. The molecule has 6 nitrogen and oxygen atoms in total. The maximum Gasteiger partial charge on any atom is 0.286 e. The smallest absolute Gasteiger partial charge is 0.286 e. The number of aliphatic imine (C=N–C) groups is 2. The maximum absolute atomic E-state index is 13.4. The van der Waals surface area contributed by atoms with Crippen LogP contribution in [0.25, 0.3) is 0 Å². The zero-order valence-electron chi connectivity index (χ0n) is 16.1. The van der Waals surface area contributed by atoms with Crippen LogP contribution in [0.1, 0.15) is 17.2 Å². The molecule has 28 heavy (non-hydrogen) atoms. The Kier molecular flexibility index (Phi) is 6.10. The summed E-state index contributed by atoms with van der Waals surface area (Å²) in [5, 5.41) is 12.3. The number of ether oxygens (including phenoxy) is 1. The van der Waals surface area contributed by atoms with E-state index in [0.29, 0.717) is 23.6 Å². The lowest BCUT2D eigenvalue weighted by Crippen LogP contribution is -2.27. The monoisotopic (exact) mass is 398 g/mol. The molecule has 8 heteroatoms. The van der Waals surface area contributed by atoms with Crippen molar-refractivity contribution in [2.75, 3.05) is 6.61 Å². The summed E-state index contributed by atoms with van der Waals surface area (Å²) in [5.74, 6) is -0.392. The molecule has 0 amide bonds. The summed E-state index contributed by atoms with van der Waals surface area (Å²) in [4.78, 5) is 12.7. The molecular formula is C20H23FN4O2Si. The zero-order chi connectivity index (χ0) is 20.1. The van der Waals surface area contributed by atoms with Gasteiger partial charge < -0.3 is 9.94 Å². The van der Waals surface area contributed by atoms with E-state index in [1.807, 2.05) is 12.1 Å². The third kappa shape index (κ3) is 4.96. The van der Waals surface area contributed by atoms with Crippen molar-refractivity contribution in [3.8, 4) is 0 Å². The number of hydrogen-bond acceptors (Lipinski definition) is 4. The summed E-state index contributed by atoms with van der Waals surface area (Å²) in [6.07, 6.45) is 2.88. The van der Waals surface area contributed by atoms with Gasteiger partial charge in [-0.2, -0.15) is 0 Å². The number of halogens is 1. The molecule has 2 aromatic rings. The summed E-state index contributed by atoms with van der Waals surface area (Å²) in [6, 6.07) is 10.7. The van der Waals surface area contributed by atoms with Crippen molar-refractivity contribution < 1.29 is 14.3 Å². The van der Waals surface area contributed by atoms with E-state index < -0.39 is 14.2 Å². The van der Waals surface area contributed by atoms with Gasteiger partial charge in [-0.25, -0.2) is 14.4 Å². The van der Waals surface area contributed by atoms with Gasteiger partial charge in [0.1, 0.15) is 17.6 Å². The van der Waals surface area contributed by atoms with Crippen LogP contribution in [0.2, 0.25) is 25.7 Å². The van der Waals surface area contributed by atoms with E-state index >= 15 is 0 Å². The molecule has 2 heterocycles. The molecule has 0 spiro atoms. The number of benzene rings is 1. The van der Waals surface area contributed by atoms with Gasteiger partial charge in [0.05, 0.1) is 5.71 Å². The third-order valence-electron chi connectivity index (χ3n) is 4.28. The van der Waals surface area contributed by atoms with E-state index in [1.165, 1.54) is 12.1 Å². The highest BCUT2D eigenvalue weighted by atomic mass is 28.3. The fourth-order valence-electron chi connectivity index (χ4n) is 2.74. The molecule has 1 N–H and O–H groups in total. The van der Waals surface area contributed by atoms with Gasteiger partial charge in [0.15, 0.2) is 0 Å². The van der Waals surface area contributed by atoms with Crippen LogP contribution in [0.4, 0.5) is 4.39 Å². The first-order valence-corrected chi connectivity index (χ1v) is 12.8. The number of hydrogen-bond donors (Lipinski definition) is 1. The molecule has 1 unspecified atom stereocenters. The van der Waals surface area contributed by atoms with Crippen molar-refractivity contribution in [1.29, 1.82) is 0 Å². The Morgan fingerprint density at radius 2 is 1.75 bits per heavy atom. The summed E-state index contributed by atoms with van der Waals surface area (Å²) >= 11 is 0. The van der Waals surface area contributed by atoms with Crippen LogP contribution >= 0.6 is 0 Å². The van der Waals surface area contributed by atoms with Crippen molar-refractivity contribution in [3.05, 3.63) is 65.7 Å². The van der Waals surface area contributed by atoms with Crippen LogP contribution < -0.4 is 0 Å². The Balaban J connectivity index is 1.97. The molecule has 0 bridgehead atoms. The minimum atomic E-state index is -1.29. The lowest BCUT2D eigenvalue weighted by molar-refractivity contribution is 0.111. The van der Waals surface area contributed by atoms with Gasteiger partial charge in [0, 0.05) is 32.6 Å². The van der Waals surface area contributed by atoms with Gasteiger partial charge in [-0.15, -0.1) is 0 Å². The second-order valence-corrected chi connectivity index (χ2v) is 13.3. The highest BCUT2D eigenvalue weighted by Crippen LogP contribution is 2.26. The molecule has 0 fully saturated rings. The molecule has 3 rings (SSSR count). The fraction of sp³-hybridized carbons (Fsp3) is 0.300. The molecule has 1 aliphatic rings. The van der Waals surface area contributed by atoms with E-state index in [9.17, 15) is 9.60 Å². The van der Waals surface area contributed by atoms with Crippen molar-refractivity contribution in [3.63, 3.8) is 0 Å². The largest absolute Gasteiger partial charge is 0.408 e. The quantitative estimate of drug-likeness (QED) is 0.429. The Hall–Kier alpha value is -2.71. The molecule has 1 aliphatic heterocycles. The molecule has 1 atom stereocenters. The minimum Gasteiger partial charge on any atom is -0.408 e. The van der Waals surface area contributed by atoms with Gasteiger partial charge in [0.25, 0.3) is 5.96 Å². The summed E-state index contributed by atoms with van der Waals surface area (Å²) in [6.45, 7) is 7.43. The molecular weight excluding hydrogens is 375 g/mol. The average molecular weight is 399 g/mol. The van der Waals surface area contributed by atoms with Crippen LogP contribution in [0.15, 0.2) is 63.9 Å². The van der Waals surface area contributed by atoms with Gasteiger partial charge in [-0.3, -0.25) is 4.98 Å². The van der Waals surface area contributed by atoms with Gasteiger partial charge in [-0.1, -0.05) is 19.6 Å². The number of oxime groups is 1. The molecule has 0 aliphatic carbocycles. The second-order valence-electron chi connectivity index (χ2n) is 7.71. The number of aromatic nitrogens is 1. The van der Waals surface area contributed by atoms with Crippen LogP contribution in [0, 0.1) is 5.82 Å². The van der Waals surface area contributed by atoms with Gasteiger partial charge >= 0.3 is 0 Å². The van der Waals surface area contributed by atoms with Crippen molar-refractivity contribution >= 4 is 25.5 Å². The highest BCUT2D eigenvalue weighted by Gasteiger charge is 2.30. The Bertz CT molecular complexity index is 906. The van der Waals surface area contributed by atoms with E-state index in [-0.39, 0.29) is 11.8 Å². The number of guanidine groups is 1. The summed E-state index contributed by atoms with van der Waals surface area (Å²) < 4.78 is 19.6. The summed E-state index contributed by atoms with van der Waals surface area (Å²) in [7, 11) is -1.29. The van der Waals surface area contributed by atoms with E-state index in [2.05, 4.69) is 39.8 Å². The fourth-order valence-corrected chi connectivity index (χ4v) is 3.48. The lowest BCUT2D eigenvalue weighted by atomic mass is 9.98. The summed E-state index contributed by atoms with van der Waals surface area (Å²) in [5.41, 5.74) is 2.58. The first-order chi connectivity index (χ1) is 13.4. The number of rotatable bonds is 7. The van der Waals surface area contributed by atoms with Crippen LogP contribution in [0.5, 0.6) is 0 Å². The Morgan fingerprint density at radius 3 is 2.36 bits per heavy atom. The van der Waals surface area contributed by atoms with E-state index in [0.717, 1.165) is 11.6 Å². The average Bonchev–Trinajstić information content (AvgIpc) is 3.10. The molecule has 0 saturated carbocycles. The Labute approximate surface area is 164 Å². The van der Waals surface area contributed by atoms with Crippen LogP contribution in [-0.2, 0) is 4.74 Å². The number of pyridine rings is 1. The Morgan fingerprint density at radius 1 is 1.07 bits per heavy atom. The molecule has 0 radical (unpaired) electrons. The topological polar surface area (TPSA) is 79.4 Å². The van der Waals surface area contributed by atoms with Gasteiger partial charge in [-0.05, 0) is 53.2 Å². The van der Waals surface area contributed by atoms with Crippen molar-refractivity contribution in [2.24, 2.45) is 15.1 Å². The molecule has 1 aromatic heterocycles. The first-order valence-electron chi connectivity index (χ1n) is 9.04.